The van der Waals surface area contributed by atoms with Crippen molar-refractivity contribution in [1.82, 2.24) is 10.2 Å². The van der Waals surface area contributed by atoms with Crippen molar-refractivity contribution in [3.05, 3.63) is 35.4 Å². The van der Waals surface area contributed by atoms with E-state index in [-0.39, 0.29) is 5.91 Å². The van der Waals surface area contributed by atoms with Crippen LogP contribution in [0.5, 0.6) is 0 Å². The summed E-state index contributed by atoms with van der Waals surface area (Å²) in [7, 11) is 0. The Morgan fingerprint density at radius 1 is 1.28 bits per heavy atom. The second kappa shape index (κ2) is 7.88. The first-order valence-electron chi connectivity index (χ1n) is 6.70. The van der Waals surface area contributed by atoms with Crippen LogP contribution in [0, 0.1) is 6.92 Å². The molecule has 0 aliphatic heterocycles. The molecule has 0 atom stereocenters. The van der Waals surface area contributed by atoms with E-state index in [1.165, 1.54) is 5.56 Å². The van der Waals surface area contributed by atoms with Gasteiger partial charge in [0.05, 0.1) is 6.42 Å². The van der Waals surface area contributed by atoms with Crippen LogP contribution in [0.3, 0.4) is 0 Å². The van der Waals surface area contributed by atoms with Crippen LogP contribution in [0.25, 0.3) is 0 Å². The highest BCUT2D eigenvalue weighted by atomic mass is 16.1. The van der Waals surface area contributed by atoms with Gasteiger partial charge in [0.15, 0.2) is 0 Å². The monoisotopic (exact) mass is 248 g/mol. The molecule has 0 bridgehead atoms. The molecule has 1 aromatic carbocycles. The number of hydrogen-bond acceptors (Lipinski definition) is 2. The maximum atomic E-state index is 11.8. The number of benzene rings is 1. The largest absolute Gasteiger partial charge is 0.355 e. The average Bonchev–Trinajstić information content (AvgIpc) is 2.34. The Morgan fingerprint density at radius 2 is 2.00 bits per heavy atom. The Morgan fingerprint density at radius 3 is 2.61 bits per heavy atom. The molecule has 18 heavy (non-hydrogen) atoms. The van der Waals surface area contributed by atoms with E-state index >= 15 is 0 Å². The molecule has 3 nitrogen and oxygen atoms in total. The molecular formula is C15H24N2O. The number of hydrogen-bond donors (Lipinski definition) is 1. The van der Waals surface area contributed by atoms with Crippen LogP contribution >= 0.6 is 0 Å². The molecule has 100 valence electrons. The van der Waals surface area contributed by atoms with Crippen molar-refractivity contribution in [3.8, 4) is 0 Å². The molecule has 0 heterocycles. The van der Waals surface area contributed by atoms with E-state index < -0.39 is 0 Å². The molecule has 0 radical (unpaired) electrons. The van der Waals surface area contributed by atoms with Crippen LogP contribution < -0.4 is 5.32 Å². The lowest BCUT2D eigenvalue weighted by Crippen LogP contribution is -2.35. The minimum Gasteiger partial charge on any atom is -0.355 e. The summed E-state index contributed by atoms with van der Waals surface area (Å²) >= 11 is 0. The van der Waals surface area contributed by atoms with Gasteiger partial charge in [-0.3, -0.25) is 4.79 Å². The van der Waals surface area contributed by atoms with Crippen LogP contribution in [0.15, 0.2) is 24.3 Å². The van der Waals surface area contributed by atoms with Gasteiger partial charge in [0.2, 0.25) is 5.91 Å². The van der Waals surface area contributed by atoms with Gasteiger partial charge in [-0.1, -0.05) is 43.7 Å². The topological polar surface area (TPSA) is 32.3 Å². The SMILES string of the molecule is CCN(CC)CCNC(=O)Cc1cccc(C)c1. The molecule has 1 rings (SSSR count). The molecule has 0 saturated carbocycles. The van der Waals surface area contributed by atoms with Gasteiger partial charge < -0.3 is 10.2 Å². The Balaban J connectivity index is 2.29. The Bertz CT molecular complexity index is 373. The lowest BCUT2D eigenvalue weighted by atomic mass is 10.1. The van der Waals surface area contributed by atoms with Gasteiger partial charge in [-0.25, -0.2) is 0 Å². The van der Waals surface area contributed by atoms with Crippen LogP contribution in [-0.2, 0) is 11.2 Å². The highest BCUT2D eigenvalue weighted by molar-refractivity contribution is 5.78. The number of amides is 1. The lowest BCUT2D eigenvalue weighted by molar-refractivity contribution is -0.120. The summed E-state index contributed by atoms with van der Waals surface area (Å²) in [5, 5.41) is 2.97. The maximum absolute atomic E-state index is 11.8. The molecule has 0 saturated heterocycles. The average molecular weight is 248 g/mol. The van der Waals surface area contributed by atoms with Crippen molar-refractivity contribution in [2.24, 2.45) is 0 Å². The summed E-state index contributed by atoms with van der Waals surface area (Å²) < 4.78 is 0. The normalized spacial score (nSPS) is 10.7. The molecule has 1 aromatic rings. The fourth-order valence-corrected chi connectivity index (χ4v) is 1.96. The second-order valence-corrected chi connectivity index (χ2v) is 4.54. The number of likely N-dealkylation sites (N-methyl/N-ethyl adjacent to an activating group) is 1. The molecule has 0 fully saturated rings. The van der Waals surface area contributed by atoms with Crippen LogP contribution in [0.4, 0.5) is 0 Å². The van der Waals surface area contributed by atoms with Crippen LogP contribution in [0.1, 0.15) is 25.0 Å². The fraction of sp³-hybridized carbons (Fsp3) is 0.533. The van der Waals surface area contributed by atoms with E-state index in [1.54, 1.807) is 0 Å². The minimum atomic E-state index is 0.104. The Kier molecular flexibility index (Phi) is 6.44. The molecule has 0 unspecified atom stereocenters. The van der Waals surface area contributed by atoms with E-state index in [2.05, 4.69) is 30.1 Å². The summed E-state index contributed by atoms with van der Waals surface area (Å²) in [6.07, 6.45) is 0.472. The van der Waals surface area contributed by atoms with Crippen molar-refractivity contribution in [2.75, 3.05) is 26.2 Å². The minimum absolute atomic E-state index is 0.104. The standard InChI is InChI=1S/C15H24N2O/c1-4-17(5-2)10-9-16-15(18)12-14-8-6-7-13(3)11-14/h6-8,11H,4-5,9-10,12H2,1-3H3,(H,16,18). The zero-order valence-corrected chi connectivity index (χ0v) is 11.7. The van der Waals surface area contributed by atoms with Crippen molar-refractivity contribution in [3.63, 3.8) is 0 Å². The predicted molar refractivity (Wildman–Crippen MR) is 75.7 cm³/mol. The van der Waals surface area contributed by atoms with E-state index in [1.807, 2.05) is 25.1 Å². The first kappa shape index (κ1) is 14.7. The predicted octanol–water partition coefficient (Wildman–Crippen LogP) is 2.00. The molecule has 0 spiro atoms. The van der Waals surface area contributed by atoms with Gasteiger partial charge >= 0.3 is 0 Å². The van der Waals surface area contributed by atoms with Gasteiger partial charge in [0, 0.05) is 13.1 Å². The summed E-state index contributed by atoms with van der Waals surface area (Å²) in [5.74, 6) is 0.104. The van der Waals surface area contributed by atoms with Gasteiger partial charge in [-0.15, -0.1) is 0 Å². The third-order valence-electron chi connectivity index (χ3n) is 3.09. The number of aryl methyl sites for hydroxylation is 1. The molecule has 0 aliphatic carbocycles. The molecular weight excluding hydrogens is 224 g/mol. The van der Waals surface area contributed by atoms with Crippen LogP contribution in [-0.4, -0.2) is 37.0 Å². The molecule has 1 N–H and O–H groups in total. The molecule has 1 amide bonds. The molecule has 3 heteroatoms. The Hall–Kier alpha value is -1.35. The highest BCUT2D eigenvalue weighted by Crippen LogP contribution is 2.04. The molecule has 0 aliphatic rings. The maximum Gasteiger partial charge on any atom is 0.224 e. The van der Waals surface area contributed by atoms with Crippen molar-refractivity contribution in [2.45, 2.75) is 27.2 Å². The summed E-state index contributed by atoms with van der Waals surface area (Å²) in [4.78, 5) is 14.1. The summed E-state index contributed by atoms with van der Waals surface area (Å²) in [6.45, 7) is 10.0. The number of carbonyl (C=O) groups is 1. The lowest BCUT2D eigenvalue weighted by Gasteiger charge is -2.17. The van der Waals surface area contributed by atoms with E-state index in [0.717, 1.165) is 31.7 Å². The smallest absolute Gasteiger partial charge is 0.224 e. The number of rotatable bonds is 7. The van der Waals surface area contributed by atoms with Crippen molar-refractivity contribution < 1.29 is 4.79 Å². The fourth-order valence-electron chi connectivity index (χ4n) is 1.96. The zero-order chi connectivity index (χ0) is 13.4. The summed E-state index contributed by atoms with van der Waals surface area (Å²) in [6, 6.07) is 8.09. The van der Waals surface area contributed by atoms with E-state index in [4.69, 9.17) is 0 Å². The number of nitrogens with zero attached hydrogens (tertiary/aromatic N) is 1. The third kappa shape index (κ3) is 5.32. The third-order valence-corrected chi connectivity index (χ3v) is 3.09. The first-order chi connectivity index (χ1) is 8.65. The van der Waals surface area contributed by atoms with E-state index in [0.29, 0.717) is 6.42 Å². The Labute approximate surface area is 110 Å². The highest BCUT2D eigenvalue weighted by Gasteiger charge is 2.04. The molecule has 0 aromatic heterocycles. The summed E-state index contributed by atoms with van der Waals surface area (Å²) in [5.41, 5.74) is 2.28. The first-order valence-corrected chi connectivity index (χ1v) is 6.70. The number of carbonyl (C=O) groups excluding carboxylic acids is 1. The van der Waals surface area contributed by atoms with Gasteiger partial charge in [0.1, 0.15) is 0 Å². The van der Waals surface area contributed by atoms with Crippen LogP contribution in [0.2, 0.25) is 0 Å². The second-order valence-electron chi connectivity index (χ2n) is 4.54. The van der Waals surface area contributed by atoms with E-state index in [9.17, 15) is 4.79 Å². The zero-order valence-electron chi connectivity index (χ0n) is 11.7. The van der Waals surface area contributed by atoms with Gasteiger partial charge in [0.25, 0.3) is 0 Å². The van der Waals surface area contributed by atoms with Crippen molar-refractivity contribution >= 4 is 5.91 Å². The van der Waals surface area contributed by atoms with Gasteiger partial charge in [-0.05, 0) is 25.6 Å². The van der Waals surface area contributed by atoms with Gasteiger partial charge in [-0.2, -0.15) is 0 Å². The quantitative estimate of drug-likeness (QED) is 0.800. The van der Waals surface area contributed by atoms with Crippen molar-refractivity contribution in [1.29, 1.82) is 0 Å². The number of nitrogens with one attached hydrogen (secondary N) is 1.